The van der Waals surface area contributed by atoms with E-state index in [1.807, 2.05) is 19.9 Å². The second-order valence-corrected chi connectivity index (χ2v) is 5.93. The van der Waals surface area contributed by atoms with Crippen molar-refractivity contribution in [1.82, 2.24) is 4.98 Å². The van der Waals surface area contributed by atoms with Gasteiger partial charge >= 0.3 is 0 Å². The van der Waals surface area contributed by atoms with Crippen molar-refractivity contribution in [2.45, 2.75) is 13.8 Å². The first-order valence-electron chi connectivity index (χ1n) is 4.60. The molecule has 3 nitrogen and oxygen atoms in total. The molecule has 0 aromatic carbocycles. The van der Waals surface area contributed by atoms with Gasteiger partial charge in [0.1, 0.15) is 5.82 Å². The van der Waals surface area contributed by atoms with Crippen molar-refractivity contribution in [3.05, 3.63) is 21.2 Å². The number of nitrogens with one attached hydrogen (secondary N) is 1. The molecular weight excluding hydrogens is 324 g/mol. The van der Waals surface area contributed by atoms with Gasteiger partial charge in [0, 0.05) is 29.2 Å². The number of aromatic nitrogens is 1. The van der Waals surface area contributed by atoms with Gasteiger partial charge in [-0.25, -0.2) is 4.98 Å². The largest absolute Gasteiger partial charge is 0.396 e. The summed E-state index contributed by atoms with van der Waals surface area (Å²) in [4.78, 5) is 4.23. The third kappa shape index (κ3) is 4.09. The van der Waals surface area contributed by atoms with Crippen LogP contribution in [-0.4, -0.2) is 23.2 Å². The van der Waals surface area contributed by atoms with E-state index in [1.165, 1.54) is 0 Å². The number of anilines is 1. The molecule has 0 amide bonds. The molecule has 0 unspecified atom stereocenters. The van der Waals surface area contributed by atoms with Gasteiger partial charge in [-0.2, -0.15) is 0 Å². The summed E-state index contributed by atoms with van der Waals surface area (Å²) in [6.07, 6.45) is 1.74. The van der Waals surface area contributed by atoms with Gasteiger partial charge in [-0.05, 0) is 37.9 Å². The quantitative estimate of drug-likeness (QED) is 0.887. The Labute approximate surface area is 107 Å². The predicted molar refractivity (Wildman–Crippen MR) is 69.0 cm³/mol. The first kappa shape index (κ1) is 12.9. The van der Waals surface area contributed by atoms with Crippen LogP contribution in [0.2, 0.25) is 0 Å². The molecule has 1 heterocycles. The number of halogens is 2. The Hall–Kier alpha value is -0.130. The van der Waals surface area contributed by atoms with Crippen LogP contribution in [0, 0.1) is 5.41 Å². The summed E-state index contributed by atoms with van der Waals surface area (Å²) >= 11 is 6.76. The maximum Gasteiger partial charge on any atom is 0.140 e. The van der Waals surface area contributed by atoms with Crippen molar-refractivity contribution in [2.24, 2.45) is 5.41 Å². The summed E-state index contributed by atoms with van der Waals surface area (Å²) in [6.45, 7) is 4.81. The molecule has 0 aliphatic carbocycles. The molecule has 0 fully saturated rings. The summed E-state index contributed by atoms with van der Waals surface area (Å²) in [6, 6.07) is 1.93. The molecule has 1 rings (SSSR count). The molecule has 0 spiro atoms. The predicted octanol–water partition coefficient (Wildman–Crippen LogP) is 3.04. The third-order valence-corrected chi connectivity index (χ3v) is 3.01. The van der Waals surface area contributed by atoms with E-state index in [4.69, 9.17) is 5.11 Å². The molecular formula is C10H14Br2N2O. The number of rotatable bonds is 4. The number of hydrogen-bond donors (Lipinski definition) is 2. The Bertz CT molecular complexity index is 342. The summed E-state index contributed by atoms with van der Waals surface area (Å²) in [5.41, 5.74) is -0.145. The Balaban J connectivity index is 2.66. The van der Waals surface area contributed by atoms with Crippen molar-refractivity contribution in [3.63, 3.8) is 0 Å². The molecule has 0 saturated carbocycles. The van der Waals surface area contributed by atoms with Gasteiger partial charge in [-0.1, -0.05) is 13.8 Å². The molecule has 1 aromatic rings. The normalized spacial score (nSPS) is 11.5. The maximum absolute atomic E-state index is 9.11. The highest BCUT2D eigenvalue weighted by molar-refractivity contribution is 9.11. The number of aliphatic hydroxyl groups is 1. The Morgan fingerprint density at radius 2 is 2.13 bits per heavy atom. The van der Waals surface area contributed by atoms with E-state index in [-0.39, 0.29) is 12.0 Å². The molecule has 1 aromatic heterocycles. The van der Waals surface area contributed by atoms with Gasteiger partial charge in [0.05, 0.1) is 4.47 Å². The molecule has 84 valence electrons. The summed E-state index contributed by atoms with van der Waals surface area (Å²) in [7, 11) is 0. The number of nitrogens with zero attached hydrogens (tertiary/aromatic N) is 1. The zero-order chi connectivity index (χ0) is 11.5. The average Bonchev–Trinajstić information content (AvgIpc) is 2.16. The minimum atomic E-state index is -0.145. The van der Waals surface area contributed by atoms with Crippen molar-refractivity contribution < 1.29 is 5.11 Å². The van der Waals surface area contributed by atoms with Crippen LogP contribution in [0.5, 0.6) is 0 Å². The van der Waals surface area contributed by atoms with Crippen LogP contribution in [0.25, 0.3) is 0 Å². The molecule has 0 aliphatic heterocycles. The first-order valence-corrected chi connectivity index (χ1v) is 6.19. The number of pyridine rings is 1. The fourth-order valence-electron chi connectivity index (χ4n) is 0.924. The van der Waals surface area contributed by atoms with Crippen molar-refractivity contribution >= 4 is 37.7 Å². The summed E-state index contributed by atoms with van der Waals surface area (Å²) in [5, 5.41) is 12.3. The summed E-state index contributed by atoms with van der Waals surface area (Å²) in [5.74, 6) is 0.791. The Kier molecular flexibility index (Phi) is 4.55. The third-order valence-electron chi connectivity index (χ3n) is 1.97. The highest BCUT2D eigenvalue weighted by Crippen LogP contribution is 2.24. The number of aliphatic hydroxyl groups excluding tert-OH is 1. The van der Waals surface area contributed by atoms with E-state index < -0.39 is 0 Å². The van der Waals surface area contributed by atoms with E-state index in [2.05, 4.69) is 42.2 Å². The highest BCUT2D eigenvalue weighted by atomic mass is 79.9. The van der Waals surface area contributed by atoms with Crippen molar-refractivity contribution in [3.8, 4) is 0 Å². The standard InChI is InChI=1S/C10H14Br2N2O/c1-10(2,6-15)5-14-9-8(12)3-7(11)4-13-9/h3-4,15H,5-6H2,1-2H3,(H,13,14). The van der Waals surface area contributed by atoms with Crippen LogP contribution in [0.1, 0.15) is 13.8 Å². The average molecular weight is 338 g/mol. The van der Waals surface area contributed by atoms with Gasteiger partial charge in [0.15, 0.2) is 0 Å². The minimum Gasteiger partial charge on any atom is -0.396 e. The minimum absolute atomic E-state index is 0.145. The van der Waals surface area contributed by atoms with Crippen LogP contribution in [0.4, 0.5) is 5.82 Å². The van der Waals surface area contributed by atoms with Gasteiger partial charge in [0.2, 0.25) is 0 Å². The molecule has 0 bridgehead atoms. The summed E-state index contributed by atoms with van der Waals surface area (Å²) < 4.78 is 1.84. The zero-order valence-electron chi connectivity index (χ0n) is 8.72. The van der Waals surface area contributed by atoms with Crippen LogP contribution < -0.4 is 5.32 Å². The molecule has 5 heteroatoms. The topological polar surface area (TPSA) is 45.1 Å². The second-order valence-electron chi connectivity index (χ2n) is 4.16. The Morgan fingerprint density at radius 1 is 1.47 bits per heavy atom. The van der Waals surface area contributed by atoms with Crippen LogP contribution in [0.3, 0.4) is 0 Å². The highest BCUT2D eigenvalue weighted by Gasteiger charge is 2.16. The monoisotopic (exact) mass is 336 g/mol. The van der Waals surface area contributed by atoms with Crippen LogP contribution >= 0.6 is 31.9 Å². The van der Waals surface area contributed by atoms with E-state index in [1.54, 1.807) is 6.20 Å². The van der Waals surface area contributed by atoms with E-state index >= 15 is 0 Å². The maximum atomic E-state index is 9.11. The molecule has 2 N–H and O–H groups in total. The second kappa shape index (κ2) is 5.27. The van der Waals surface area contributed by atoms with E-state index in [0.717, 1.165) is 14.8 Å². The fraction of sp³-hybridized carbons (Fsp3) is 0.500. The lowest BCUT2D eigenvalue weighted by Gasteiger charge is -2.22. The lowest BCUT2D eigenvalue weighted by Crippen LogP contribution is -2.27. The molecule has 0 aliphatic rings. The first-order chi connectivity index (χ1) is 6.94. The van der Waals surface area contributed by atoms with E-state index in [9.17, 15) is 0 Å². The molecule has 0 radical (unpaired) electrons. The van der Waals surface area contributed by atoms with Gasteiger partial charge in [-0.15, -0.1) is 0 Å². The van der Waals surface area contributed by atoms with Gasteiger partial charge in [0.25, 0.3) is 0 Å². The Morgan fingerprint density at radius 3 is 2.67 bits per heavy atom. The lowest BCUT2D eigenvalue weighted by atomic mass is 9.95. The van der Waals surface area contributed by atoms with Crippen LogP contribution in [-0.2, 0) is 0 Å². The van der Waals surface area contributed by atoms with Crippen molar-refractivity contribution in [1.29, 1.82) is 0 Å². The SMILES string of the molecule is CC(C)(CO)CNc1ncc(Br)cc1Br. The van der Waals surface area contributed by atoms with Crippen LogP contribution in [0.15, 0.2) is 21.2 Å². The molecule has 0 saturated heterocycles. The van der Waals surface area contributed by atoms with E-state index in [0.29, 0.717) is 6.54 Å². The van der Waals surface area contributed by atoms with Gasteiger partial charge in [-0.3, -0.25) is 0 Å². The van der Waals surface area contributed by atoms with Gasteiger partial charge < -0.3 is 10.4 Å². The molecule has 15 heavy (non-hydrogen) atoms. The fourth-order valence-corrected chi connectivity index (χ4v) is 2.05. The molecule has 0 atom stereocenters. The lowest BCUT2D eigenvalue weighted by molar-refractivity contribution is 0.170. The smallest absolute Gasteiger partial charge is 0.140 e. The van der Waals surface area contributed by atoms with Crippen molar-refractivity contribution in [2.75, 3.05) is 18.5 Å². The zero-order valence-corrected chi connectivity index (χ0v) is 11.9. The number of hydrogen-bond acceptors (Lipinski definition) is 3.